The number of phenols is 24. The SMILES string of the molecule is O=C(OC[C@H]1O[C@@H](OC(=O)c2cc(O)c(O)c(O)c2)[C@H](OC(=O)c2cc(O)c(O)c(O)c2)[C@@H](O)[C@@H]1O[C@@H]1O[C@H](COC(=O)c2cc(O)c(O)c(O)c2C(=O)c2cc(O)c(O)c(O)c2)[C@@H](OC(=O)c2cc(O)c(O)c(O)c2)[C@H](OC(=O)c2cc(O)c(O)c(O)c2)[C@H]1OC(=O)c1cc(O)c(O)c(O)c1)c1cc(O)c(O)c(O)c1. The summed E-state index contributed by atoms with van der Waals surface area (Å²) in [5.41, 5.74) is -9.56. The number of aliphatic hydroxyl groups excluding tert-OH is 1. The van der Waals surface area contributed by atoms with E-state index in [1.165, 1.54) is 0 Å². The zero-order valence-electron chi connectivity index (χ0n) is 54.9. The van der Waals surface area contributed by atoms with Crippen LogP contribution in [0.25, 0.3) is 0 Å². The van der Waals surface area contributed by atoms with Crippen molar-refractivity contribution in [3.05, 3.63) is 141 Å². The van der Waals surface area contributed by atoms with Gasteiger partial charge in [0.1, 0.15) is 37.6 Å². The Labute approximate surface area is 612 Å². The summed E-state index contributed by atoms with van der Waals surface area (Å²) in [5, 5.41) is 263. The molecule has 0 aromatic heterocycles. The summed E-state index contributed by atoms with van der Waals surface area (Å²) in [6.07, 6.45) is -28.7. The van der Waals surface area contributed by atoms with E-state index in [1.807, 2.05) is 0 Å². The lowest BCUT2D eigenvalue weighted by Crippen LogP contribution is -2.67. The number of aliphatic hydroxyl groups is 1. The third kappa shape index (κ3) is 15.9. The number of benzene rings is 8. The van der Waals surface area contributed by atoms with Crippen LogP contribution in [-0.4, -0.2) is 250 Å². The van der Waals surface area contributed by atoms with E-state index >= 15 is 0 Å². The number of aromatic hydroxyl groups is 24. The van der Waals surface area contributed by atoms with Crippen LogP contribution < -0.4 is 0 Å². The Morgan fingerprint density at radius 3 is 0.874 bits per heavy atom. The number of phenolic OH excluding ortho intramolecular Hbond substituents is 24. The molecule has 111 heavy (non-hydrogen) atoms. The minimum Gasteiger partial charge on any atom is -0.504 e. The van der Waals surface area contributed by atoms with E-state index in [2.05, 4.69) is 0 Å². The predicted octanol–water partition coefficient (Wildman–Crippen LogP) is 1.82. The molecule has 43 nitrogen and oxygen atoms in total. The number of ether oxygens (including phenoxy) is 10. The zero-order chi connectivity index (χ0) is 81.5. The maximum Gasteiger partial charge on any atom is 0.340 e. The molecule has 2 aliphatic heterocycles. The van der Waals surface area contributed by atoms with E-state index in [-0.39, 0.29) is 6.07 Å². The molecule has 0 bridgehead atoms. The summed E-state index contributed by atoms with van der Waals surface area (Å²) < 4.78 is 57.9. The van der Waals surface area contributed by atoms with Crippen molar-refractivity contribution in [1.82, 2.24) is 0 Å². The average molecular weight is 1560 g/mol. The van der Waals surface area contributed by atoms with Crippen LogP contribution in [0.3, 0.4) is 0 Å². The Bertz CT molecular complexity index is 4980. The normalized spacial score (nSPS) is 19.3. The van der Waals surface area contributed by atoms with Crippen molar-refractivity contribution in [2.45, 2.75) is 61.4 Å². The molecule has 0 aliphatic carbocycles. The summed E-state index contributed by atoms with van der Waals surface area (Å²) in [6, 6.07) is 6.20. The lowest BCUT2D eigenvalue weighted by Gasteiger charge is -2.48. The van der Waals surface area contributed by atoms with E-state index < -0.39 is 310 Å². The van der Waals surface area contributed by atoms with E-state index in [0.29, 0.717) is 84.9 Å². The third-order valence-electron chi connectivity index (χ3n) is 16.3. The lowest BCUT2D eigenvalue weighted by molar-refractivity contribution is -0.352. The molecule has 0 amide bonds. The number of ketones is 1. The Morgan fingerprint density at radius 2 is 0.523 bits per heavy atom. The molecule has 2 saturated heterocycles. The van der Waals surface area contributed by atoms with Crippen LogP contribution in [0.15, 0.2) is 91.0 Å². The molecule has 8 aromatic rings. The van der Waals surface area contributed by atoms with Crippen LogP contribution in [0, 0.1) is 0 Å². The first kappa shape index (κ1) is 78.4. The Hall–Kier alpha value is -15.2. The molecule has 10 atom stereocenters. The molecule has 0 saturated carbocycles. The largest absolute Gasteiger partial charge is 0.504 e. The van der Waals surface area contributed by atoms with Crippen molar-refractivity contribution >= 4 is 47.6 Å². The van der Waals surface area contributed by atoms with Gasteiger partial charge in [0.2, 0.25) is 12.0 Å². The van der Waals surface area contributed by atoms with Gasteiger partial charge in [0.25, 0.3) is 0 Å². The van der Waals surface area contributed by atoms with Crippen LogP contribution in [0.1, 0.15) is 88.4 Å². The summed E-state index contributed by atoms with van der Waals surface area (Å²) in [4.78, 5) is 116. The van der Waals surface area contributed by atoms with Crippen molar-refractivity contribution in [2.75, 3.05) is 13.2 Å². The highest BCUT2D eigenvalue weighted by Gasteiger charge is 2.58. The molecule has 2 aliphatic rings. The van der Waals surface area contributed by atoms with E-state index in [0.717, 1.165) is 0 Å². The molecule has 584 valence electrons. The molecule has 0 unspecified atom stereocenters. The summed E-state index contributed by atoms with van der Waals surface area (Å²) in [6.45, 7) is -3.29. The quantitative estimate of drug-likeness (QED) is 0.0224. The first-order valence-electron chi connectivity index (χ1n) is 30.8. The smallest absolute Gasteiger partial charge is 0.340 e. The second-order valence-electron chi connectivity index (χ2n) is 23.6. The van der Waals surface area contributed by atoms with Gasteiger partial charge in [-0.05, 0) is 91.0 Å². The predicted molar refractivity (Wildman–Crippen MR) is 346 cm³/mol. The first-order chi connectivity index (χ1) is 52.1. The number of carbonyl (C=O) groups is 8. The van der Waals surface area contributed by atoms with Crippen molar-refractivity contribution < 1.29 is 213 Å². The minimum atomic E-state index is -3.07. The average Bonchev–Trinajstić information content (AvgIpc) is 0.761. The second kappa shape index (κ2) is 30.7. The van der Waals surface area contributed by atoms with Gasteiger partial charge in [0.05, 0.1) is 44.5 Å². The molecule has 25 N–H and O–H groups in total. The summed E-state index contributed by atoms with van der Waals surface area (Å²) >= 11 is 0. The van der Waals surface area contributed by atoms with Gasteiger partial charge in [0, 0.05) is 5.56 Å². The van der Waals surface area contributed by atoms with Crippen LogP contribution in [0.2, 0.25) is 0 Å². The van der Waals surface area contributed by atoms with Crippen molar-refractivity contribution in [3.63, 3.8) is 0 Å². The number of hydrogen-bond donors (Lipinski definition) is 25. The molecule has 2 fully saturated rings. The molecular formula is C68H54O43. The fraction of sp³-hybridized carbons (Fsp3) is 0.176. The van der Waals surface area contributed by atoms with Gasteiger partial charge >= 0.3 is 41.8 Å². The van der Waals surface area contributed by atoms with Gasteiger partial charge in [0.15, 0.2) is 169 Å². The second-order valence-corrected chi connectivity index (χ2v) is 23.6. The highest BCUT2D eigenvalue weighted by Crippen LogP contribution is 2.47. The standard InChI is InChI=1S/C68H54O43/c69-26-1-18(2-27(70)45(26)85)44(84)43-25(15-40(83)52(92)53(43)93)66(101)103-17-42-56(106-61(96)20-5-30(73)47(87)31(74)6-20)58(108-63(98)22-9-34(77)49(89)35(78)10-22)59(109-64(99)23-11-36(79)50(90)37(80)12-23)68(105-42)110-55-41(16-102-60(95)19-3-28(71)46(86)29(72)4-19)104-67(111-65(100)24-13-38(81)51(91)39(82)14-24)57(54(55)94)107-62(97)21-7-32(75)48(88)33(76)8-21/h1-15,41-42,54-59,67-83,85-94H,16-17H2/t41-,42-,54+,55-,56-,57-,58+,59-,67+,68+/m1/s1. The number of carbonyl (C=O) groups excluding carboxylic acids is 8. The lowest BCUT2D eigenvalue weighted by atomic mass is 9.95. The Morgan fingerprint density at radius 1 is 0.261 bits per heavy atom. The highest BCUT2D eigenvalue weighted by atomic mass is 16.8. The molecule has 8 aromatic carbocycles. The van der Waals surface area contributed by atoms with Crippen molar-refractivity contribution in [2.24, 2.45) is 0 Å². The highest BCUT2D eigenvalue weighted by molar-refractivity contribution is 6.17. The third-order valence-corrected chi connectivity index (χ3v) is 16.3. The van der Waals surface area contributed by atoms with E-state index in [4.69, 9.17) is 47.4 Å². The summed E-state index contributed by atoms with van der Waals surface area (Å²) in [7, 11) is 0. The van der Waals surface area contributed by atoms with Gasteiger partial charge in [-0.1, -0.05) is 0 Å². The van der Waals surface area contributed by atoms with Gasteiger partial charge in [-0.25, -0.2) is 33.6 Å². The fourth-order valence-electron chi connectivity index (χ4n) is 10.8. The number of rotatable bonds is 20. The Balaban J connectivity index is 1.19. The van der Waals surface area contributed by atoms with Gasteiger partial charge in [-0.15, -0.1) is 0 Å². The first-order valence-corrected chi connectivity index (χ1v) is 30.8. The van der Waals surface area contributed by atoms with Gasteiger partial charge in [-0.3, -0.25) is 4.79 Å². The van der Waals surface area contributed by atoms with Crippen LogP contribution in [0.5, 0.6) is 138 Å². The Kier molecular flexibility index (Phi) is 21.7. The number of hydrogen-bond acceptors (Lipinski definition) is 43. The van der Waals surface area contributed by atoms with E-state index in [9.17, 15) is 166 Å². The van der Waals surface area contributed by atoms with Crippen LogP contribution in [0.4, 0.5) is 0 Å². The molecule has 0 spiro atoms. The maximum atomic E-state index is 14.8. The zero-order valence-corrected chi connectivity index (χ0v) is 54.9. The summed E-state index contributed by atoms with van der Waals surface area (Å²) in [5.74, 6) is -45.8. The molecule has 0 radical (unpaired) electrons. The monoisotopic (exact) mass is 1560 g/mol. The van der Waals surface area contributed by atoms with Crippen molar-refractivity contribution in [1.29, 1.82) is 0 Å². The van der Waals surface area contributed by atoms with Gasteiger partial charge in [-0.2, -0.15) is 0 Å². The fourth-order valence-corrected chi connectivity index (χ4v) is 10.8. The minimum absolute atomic E-state index is 0.241. The molecular weight excluding hydrogens is 1500 g/mol. The molecule has 2 heterocycles. The maximum absolute atomic E-state index is 14.8. The molecule has 43 heteroatoms. The van der Waals surface area contributed by atoms with E-state index in [1.54, 1.807) is 0 Å². The van der Waals surface area contributed by atoms with Crippen LogP contribution in [-0.2, 0) is 47.4 Å². The topological polar surface area (TPSA) is 735 Å². The molecule has 10 rings (SSSR count). The van der Waals surface area contributed by atoms with Crippen molar-refractivity contribution in [3.8, 4) is 138 Å². The van der Waals surface area contributed by atoms with Crippen LogP contribution >= 0.6 is 0 Å². The number of esters is 7. The van der Waals surface area contributed by atoms with Gasteiger partial charge < -0.3 is 175 Å².